The van der Waals surface area contributed by atoms with E-state index in [-0.39, 0.29) is 0 Å². The minimum Gasteiger partial charge on any atom is -0.398 e. The smallest absolute Gasteiger partial charge is 0.0701 e. The van der Waals surface area contributed by atoms with E-state index in [9.17, 15) is 0 Å². The molecule has 1 aromatic heterocycles. The number of thiophene rings is 1. The van der Waals surface area contributed by atoms with Gasteiger partial charge in [0.2, 0.25) is 0 Å². The monoisotopic (exact) mass is 313 g/mol. The summed E-state index contributed by atoms with van der Waals surface area (Å²) in [7, 11) is 0. The van der Waals surface area contributed by atoms with Gasteiger partial charge in [-0.25, -0.2) is 0 Å². The summed E-state index contributed by atoms with van der Waals surface area (Å²) in [5, 5.41) is 2.17. The maximum absolute atomic E-state index is 6.02. The van der Waals surface area contributed by atoms with Gasteiger partial charge in [0.1, 0.15) is 0 Å². The van der Waals surface area contributed by atoms with Crippen LogP contribution in [0.2, 0.25) is 0 Å². The lowest BCUT2D eigenvalue weighted by molar-refractivity contribution is 1.35. The predicted octanol–water partition coefficient (Wildman–Crippen LogP) is 4.69. The molecular formula is C12H12BrNS2. The molecule has 0 aliphatic rings. The lowest BCUT2D eigenvalue weighted by Gasteiger charge is -2.06. The third-order valence-electron chi connectivity index (χ3n) is 2.30. The molecule has 0 bridgehead atoms. The Bertz CT molecular complexity index is 494. The molecule has 0 aliphatic heterocycles. The fraction of sp³-hybridized carbons (Fsp3) is 0.167. The maximum atomic E-state index is 6.02. The molecule has 0 spiro atoms. The Morgan fingerprint density at radius 3 is 2.94 bits per heavy atom. The first kappa shape index (κ1) is 12.0. The quantitative estimate of drug-likeness (QED) is 0.657. The lowest BCUT2D eigenvalue weighted by atomic mass is 10.2. The zero-order valence-corrected chi connectivity index (χ0v) is 12.1. The second-order valence-electron chi connectivity index (χ2n) is 3.53. The molecule has 0 saturated carbocycles. The molecule has 16 heavy (non-hydrogen) atoms. The zero-order chi connectivity index (χ0) is 11.5. The van der Waals surface area contributed by atoms with Gasteiger partial charge in [0.25, 0.3) is 0 Å². The van der Waals surface area contributed by atoms with Crippen molar-refractivity contribution in [1.82, 2.24) is 0 Å². The van der Waals surface area contributed by atoms with Gasteiger partial charge in [0, 0.05) is 16.3 Å². The highest BCUT2D eigenvalue weighted by atomic mass is 79.9. The highest BCUT2D eigenvalue weighted by Gasteiger charge is 2.03. The van der Waals surface area contributed by atoms with Crippen molar-refractivity contribution in [2.75, 3.05) is 5.73 Å². The van der Waals surface area contributed by atoms with Crippen LogP contribution in [0.25, 0.3) is 0 Å². The average Bonchev–Trinajstić information content (AvgIpc) is 2.67. The van der Waals surface area contributed by atoms with Crippen molar-refractivity contribution >= 4 is 44.7 Å². The van der Waals surface area contributed by atoms with Crippen LogP contribution in [-0.2, 0) is 5.75 Å². The van der Waals surface area contributed by atoms with Gasteiger partial charge < -0.3 is 5.73 Å². The Morgan fingerprint density at radius 1 is 1.44 bits per heavy atom. The Labute approximate surface area is 112 Å². The van der Waals surface area contributed by atoms with E-state index in [0.717, 1.165) is 17.0 Å². The zero-order valence-electron chi connectivity index (χ0n) is 8.87. The number of hydrogen-bond acceptors (Lipinski definition) is 3. The molecule has 2 rings (SSSR count). The van der Waals surface area contributed by atoms with E-state index in [2.05, 4.69) is 39.5 Å². The molecule has 0 radical (unpaired) electrons. The van der Waals surface area contributed by atoms with Crippen LogP contribution in [0.1, 0.15) is 11.1 Å². The van der Waals surface area contributed by atoms with Gasteiger partial charge in [-0.05, 0) is 51.5 Å². The van der Waals surface area contributed by atoms with E-state index in [1.54, 1.807) is 23.1 Å². The number of hydrogen-bond donors (Lipinski definition) is 1. The summed E-state index contributed by atoms with van der Waals surface area (Å²) >= 11 is 6.98. The molecule has 0 unspecified atom stereocenters. The van der Waals surface area contributed by atoms with Crippen LogP contribution in [-0.4, -0.2) is 0 Å². The van der Waals surface area contributed by atoms with Gasteiger partial charge in [0.15, 0.2) is 0 Å². The first-order valence-electron chi connectivity index (χ1n) is 4.87. The van der Waals surface area contributed by atoms with E-state index in [4.69, 9.17) is 5.73 Å². The fourth-order valence-corrected chi connectivity index (χ4v) is 3.66. The van der Waals surface area contributed by atoms with Gasteiger partial charge in [-0.2, -0.15) is 0 Å². The maximum Gasteiger partial charge on any atom is 0.0701 e. The van der Waals surface area contributed by atoms with Crippen LogP contribution in [0.5, 0.6) is 0 Å². The van der Waals surface area contributed by atoms with Crippen molar-refractivity contribution in [1.29, 1.82) is 0 Å². The van der Waals surface area contributed by atoms with Crippen LogP contribution in [0.15, 0.2) is 38.3 Å². The Hall–Kier alpha value is -0.450. The first-order valence-corrected chi connectivity index (χ1v) is 7.53. The van der Waals surface area contributed by atoms with Gasteiger partial charge in [-0.15, -0.1) is 23.1 Å². The van der Waals surface area contributed by atoms with E-state index >= 15 is 0 Å². The largest absolute Gasteiger partial charge is 0.398 e. The van der Waals surface area contributed by atoms with E-state index in [0.29, 0.717) is 0 Å². The number of aryl methyl sites for hydroxylation is 1. The molecule has 1 heterocycles. The topological polar surface area (TPSA) is 26.0 Å². The summed E-state index contributed by atoms with van der Waals surface area (Å²) in [5.41, 5.74) is 9.41. The number of anilines is 1. The Balaban J connectivity index is 2.07. The van der Waals surface area contributed by atoms with E-state index < -0.39 is 0 Å². The lowest BCUT2D eigenvalue weighted by Crippen LogP contribution is -1.92. The number of nitrogens with two attached hydrogens (primary N) is 1. The highest BCUT2D eigenvalue weighted by Crippen LogP contribution is 2.32. The van der Waals surface area contributed by atoms with Gasteiger partial charge in [-0.1, -0.05) is 12.1 Å². The number of benzene rings is 1. The van der Waals surface area contributed by atoms with E-state index in [1.165, 1.54) is 14.2 Å². The van der Waals surface area contributed by atoms with E-state index in [1.807, 2.05) is 13.0 Å². The minimum absolute atomic E-state index is 0.904. The molecule has 0 amide bonds. The predicted molar refractivity (Wildman–Crippen MR) is 77.2 cm³/mol. The van der Waals surface area contributed by atoms with Crippen LogP contribution in [0.4, 0.5) is 5.69 Å². The number of rotatable bonds is 3. The third-order valence-corrected chi connectivity index (χ3v) is 5.00. The molecule has 2 N–H and O–H groups in total. The second-order valence-corrected chi connectivity index (χ2v) is 6.84. The van der Waals surface area contributed by atoms with Crippen molar-refractivity contribution in [2.24, 2.45) is 0 Å². The van der Waals surface area contributed by atoms with Crippen molar-refractivity contribution in [3.05, 3.63) is 44.6 Å². The molecule has 4 heteroatoms. The van der Waals surface area contributed by atoms with Crippen LogP contribution in [0.3, 0.4) is 0 Å². The molecule has 1 aromatic carbocycles. The molecule has 0 saturated heterocycles. The number of para-hydroxylation sites is 1. The first-order chi connectivity index (χ1) is 7.66. The van der Waals surface area contributed by atoms with Crippen LogP contribution < -0.4 is 5.73 Å². The molecule has 0 aliphatic carbocycles. The fourth-order valence-electron chi connectivity index (χ4n) is 1.36. The molecule has 0 atom stereocenters. The summed E-state index contributed by atoms with van der Waals surface area (Å²) in [6.45, 7) is 2.04. The summed E-state index contributed by atoms with van der Waals surface area (Å²) in [6, 6.07) is 8.33. The second kappa shape index (κ2) is 5.25. The number of nitrogen functional groups attached to an aromatic ring is 1. The summed E-state index contributed by atoms with van der Waals surface area (Å²) in [4.78, 5) is 1.17. The van der Waals surface area contributed by atoms with Crippen molar-refractivity contribution in [3.8, 4) is 0 Å². The summed E-state index contributed by atoms with van der Waals surface area (Å²) in [6.07, 6.45) is 0. The third kappa shape index (κ3) is 2.81. The molecule has 84 valence electrons. The Morgan fingerprint density at radius 2 is 2.25 bits per heavy atom. The van der Waals surface area contributed by atoms with Crippen LogP contribution >= 0.6 is 39.0 Å². The van der Waals surface area contributed by atoms with Gasteiger partial charge >= 0.3 is 0 Å². The van der Waals surface area contributed by atoms with Crippen LogP contribution in [0, 0.1) is 6.92 Å². The molecule has 2 aromatic rings. The van der Waals surface area contributed by atoms with Crippen molar-refractivity contribution < 1.29 is 0 Å². The SMILES string of the molecule is Cc1cccc(SCc2csc(Br)c2)c1N. The molecule has 1 nitrogen and oxygen atoms in total. The standard InChI is InChI=1S/C12H12BrNS2/c1-8-3-2-4-10(12(8)14)15-6-9-5-11(13)16-7-9/h2-5,7H,6,14H2,1H3. The molecular weight excluding hydrogens is 302 g/mol. The van der Waals surface area contributed by atoms with Gasteiger partial charge in [-0.3, -0.25) is 0 Å². The molecule has 0 fully saturated rings. The van der Waals surface area contributed by atoms with Gasteiger partial charge in [0.05, 0.1) is 3.79 Å². The summed E-state index contributed by atoms with van der Waals surface area (Å²) in [5.74, 6) is 0.968. The van der Waals surface area contributed by atoms with Crippen molar-refractivity contribution in [3.63, 3.8) is 0 Å². The number of thioether (sulfide) groups is 1. The van der Waals surface area contributed by atoms with Crippen molar-refractivity contribution in [2.45, 2.75) is 17.6 Å². The average molecular weight is 314 g/mol. The highest BCUT2D eigenvalue weighted by molar-refractivity contribution is 9.11. The minimum atomic E-state index is 0.904. The summed E-state index contributed by atoms with van der Waals surface area (Å²) < 4.78 is 1.18. The normalized spacial score (nSPS) is 10.6. The Kier molecular flexibility index (Phi) is 3.95. The number of halogens is 1.